The molecule has 0 radical (unpaired) electrons. The van der Waals surface area contributed by atoms with Gasteiger partial charge in [0.05, 0.1) is 11.6 Å². The molecule has 3 fully saturated rings. The first-order valence-electron chi connectivity index (χ1n) is 6.21. The average molecular weight is 405 g/mol. The lowest BCUT2D eigenvalue weighted by atomic mass is 10.0. The van der Waals surface area contributed by atoms with Crippen molar-refractivity contribution in [1.29, 1.82) is 0 Å². The largest absolute Gasteiger partial charge is 0.507 e. The van der Waals surface area contributed by atoms with Crippen LogP contribution in [0.3, 0.4) is 0 Å². The Bertz CT molecular complexity index is 717. The summed E-state index contributed by atoms with van der Waals surface area (Å²) in [5, 5.41) is 12.3. The highest BCUT2D eigenvalue weighted by atomic mass is 79.9. The Kier molecular flexibility index (Phi) is 3.09. The number of nitrogens with zero attached hydrogens (tertiary/aromatic N) is 1. The second kappa shape index (κ2) is 4.70. The van der Waals surface area contributed by atoms with Gasteiger partial charge in [-0.2, -0.15) is 5.06 Å². The molecule has 3 saturated heterocycles. The summed E-state index contributed by atoms with van der Waals surface area (Å²) in [6.07, 6.45) is 0. The molecule has 2 N–H and O–H groups in total. The van der Waals surface area contributed by atoms with Crippen LogP contribution < -0.4 is 10.1 Å². The highest BCUT2D eigenvalue weighted by Gasteiger charge is 2.67. The van der Waals surface area contributed by atoms with Crippen molar-refractivity contribution in [2.45, 2.75) is 16.3 Å². The number of amides is 2. The summed E-state index contributed by atoms with van der Waals surface area (Å²) in [6.45, 7) is 0. The van der Waals surface area contributed by atoms with E-state index < -0.39 is 22.3 Å². The van der Waals surface area contributed by atoms with Gasteiger partial charge in [0.15, 0.2) is 5.37 Å². The van der Waals surface area contributed by atoms with Crippen LogP contribution in [0.4, 0.5) is 0 Å². The van der Waals surface area contributed by atoms with E-state index in [-0.39, 0.29) is 11.7 Å². The van der Waals surface area contributed by atoms with Gasteiger partial charge in [-0.15, -0.1) is 0 Å². The van der Waals surface area contributed by atoms with E-state index in [2.05, 4.69) is 21.2 Å². The molecule has 5 rings (SSSR count). The minimum Gasteiger partial charge on any atom is -0.507 e. The number of ether oxygens (including phenoxy) is 1. The van der Waals surface area contributed by atoms with E-state index in [1.165, 1.54) is 34.8 Å². The van der Waals surface area contributed by atoms with Crippen molar-refractivity contribution in [2.24, 2.45) is 0 Å². The van der Waals surface area contributed by atoms with Crippen LogP contribution >= 0.6 is 37.5 Å². The molecule has 1 aromatic carbocycles. The number of hydrogen-bond acceptors (Lipinski definition) is 7. The lowest BCUT2D eigenvalue weighted by Crippen LogP contribution is -2.71. The number of benzene rings is 1. The number of phenolic OH excluding ortho intramolecular Hbond substituents is 1. The highest BCUT2D eigenvalue weighted by Crippen LogP contribution is 2.61. The lowest BCUT2D eigenvalue weighted by Gasteiger charge is -2.41. The van der Waals surface area contributed by atoms with Gasteiger partial charge in [0.1, 0.15) is 16.7 Å². The number of fused-ring (bicyclic) bond motifs is 4. The number of piperazine rings is 1. The fourth-order valence-corrected chi connectivity index (χ4v) is 6.11. The van der Waals surface area contributed by atoms with Gasteiger partial charge in [0.2, 0.25) is 0 Å². The second-order valence-corrected chi connectivity index (χ2v) is 8.22. The molecule has 0 aromatic heterocycles. The molecule has 4 aliphatic heterocycles. The molecular formula is C12H9BrN2O5S2. The number of carbonyl (C=O) groups is 2. The number of halogens is 1. The van der Waals surface area contributed by atoms with Gasteiger partial charge in [-0.25, -0.2) is 0 Å². The van der Waals surface area contributed by atoms with Crippen molar-refractivity contribution in [3.63, 3.8) is 0 Å². The monoisotopic (exact) mass is 404 g/mol. The highest BCUT2D eigenvalue weighted by molar-refractivity contribution is 9.10. The molecule has 0 saturated carbocycles. The zero-order chi connectivity index (χ0) is 15.6. The number of hydroxylamine groups is 2. The van der Waals surface area contributed by atoms with Gasteiger partial charge in [-0.05, 0) is 22.0 Å². The summed E-state index contributed by atoms with van der Waals surface area (Å²) < 4.78 is 6.33. The summed E-state index contributed by atoms with van der Waals surface area (Å²) in [6, 6.07) is 3.12. The maximum Gasteiger partial charge on any atom is 0.303 e. The number of carbonyl (C=O) groups excluding carboxylic acids is 2. The molecule has 10 heteroatoms. The smallest absolute Gasteiger partial charge is 0.303 e. The number of nitrogens with one attached hydrogen (secondary N) is 1. The van der Waals surface area contributed by atoms with Crippen LogP contribution in [0.5, 0.6) is 11.5 Å². The topological polar surface area (TPSA) is 88.1 Å². The Hall–Kier alpha value is -1.10. The van der Waals surface area contributed by atoms with E-state index in [1.54, 1.807) is 6.07 Å². The van der Waals surface area contributed by atoms with Crippen molar-refractivity contribution in [2.75, 3.05) is 7.11 Å². The molecule has 1 spiro atoms. The van der Waals surface area contributed by atoms with Crippen molar-refractivity contribution in [3.8, 4) is 11.5 Å². The number of hydrogen-bond donors (Lipinski definition) is 2. The standard InChI is InChI=1S/C12H9BrN2O5S2/c1-19-15-10(17)9-14-11(18)12(15)8(21-22-9)4-2-5(13)6(16)3-7(4)20-12/h2-3,8-9,16H,1H3,(H,14,18). The average Bonchev–Trinajstić information content (AvgIpc) is 2.62. The maximum absolute atomic E-state index is 12.6. The molecule has 1 aromatic rings. The summed E-state index contributed by atoms with van der Waals surface area (Å²) in [7, 11) is 3.95. The van der Waals surface area contributed by atoms with Crippen molar-refractivity contribution < 1.29 is 24.3 Å². The van der Waals surface area contributed by atoms with Crippen LogP contribution in [0.1, 0.15) is 10.8 Å². The number of phenols is 1. The van der Waals surface area contributed by atoms with Crippen LogP contribution in [-0.2, 0) is 14.4 Å². The normalized spacial score (nSPS) is 32.2. The third-order valence-electron chi connectivity index (χ3n) is 3.73. The molecule has 4 heterocycles. The zero-order valence-corrected chi connectivity index (χ0v) is 14.3. The quantitative estimate of drug-likeness (QED) is 0.686. The van der Waals surface area contributed by atoms with Gasteiger partial charge in [-0.3, -0.25) is 14.4 Å². The van der Waals surface area contributed by atoms with Crippen LogP contribution in [0, 0.1) is 0 Å². The first kappa shape index (κ1) is 14.5. The van der Waals surface area contributed by atoms with Crippen LogP contribution in [0.2, 0.25) is 0 Å². The van der Waals surface area contributed by atoms with E-state index in [9.17, 15) is 14.7 Å². The van der Waals surface area contributed by atoms with Gasteiger partial charge in [0.25, 0.3) is 11.8 Å². The van der Waals surface area contributed by atoms with Crippen LogP contribution in [-0.4, -0.2) is 40.2 Å². The molecule has 116 valence electrons. The van der Waals surface area contributed by atoms with Gasteiger partial charge >= 0.3 is 5.72 Å². The van der Waals surface area contributed by atoms with Gasteiger partial charge in [0, 0.05) is 11.6 Å². The minimum absolute atomic E-state index is 0.00588. The summed E-state index contributed by atoms with van der Waals surface area (Å²) in [5.74, 6) is -0.468. The molecule has 2 bridgehead atoms. The first-order chi connectivity index (χ1) is 10.5. The fraction of sp³-hybridized carbons (Fsp3) is 0.333. The third-order valence-corrected chi connectivity index (χ3v) is 7.24. The first-order valence-corrected chi connectivity index (χ1v) is 9.28. The predicted molar refractivity (Wildman–Crippen MR) is 82.9 cm³/mol. The van der Waals surface area contributed by atoms with E-state index in [0.29, 0.717) is 10.2 Å². The summed E-state index contributed by atoms with van der Waals surface area (Å²) in [5.41, 5.74) is -0.888. The van der Waals surface area contributed by atoms with Gasteiger partial charge in [-0.1, -0.05) is 21.6 Å². The molecule has 2 amide bonds. The molecule has 0 aliphatic carbocycles. The Morgan fingerprint density at radius 1 is 1.45 bits per heavy atom. The molecule has 3 unspecified atom stereocenters. The Balaban J connectivity index is 1.94. The van der Waals surface area contributed by atoms with Crippen molar-refractivity contribution in [3.05, 3.63) is 22.2 Å². The summed E-state index contributed by atoms with van der Waals surface area (Å²) in [4.78, 5) is 30.2. The van der Waals surface area contributed by atoms with E-state index in [0.717, 1.165) is 10.6 Å². The van der Waals surface area contributed by atoms with Gasteiger partial charge < -0.3 is 15.2 Å². The number of rotatable bonds is 1. The molecule has 7 nitrogen and oxygen atoms in total. The number of aromatic hydroxyl groups is 1. The molecular weight excluding hydrogens is 396 g/mol. The molecule has 3 atom stereocenters. The Morgan fingerprint density at radius 3 is 2.95 bits per heavy atom. The molecule has 22 heavy (non-hydrogen) atoms. The molecule has 4 aliphatic rings. The minimum atomic E-state index is -1.61. The maximum atomic E-state index is 12.6. The van der Waals surface area contributed by atoms with E-state index >= 15 is 0 Å². The van der Waals surface area contributed by atoms with E-state index in [4.69, 9.17) is 9.57 Å². The predicted octanol–water partition coefficient (Wildman–Crippen LogP) is 1.53. The Morgan fingerprint density at radius 2 is 2.23 bits per heavy atom. The second-order valence-electron chi connectivity index (χ2n) is 4.88. The summed E-state index contributed by atoms with van der Waals surface area (Å²) >= 11 is 3.26. The lowest BCUT2D eigenvalue weighted by molar-refractivity contribution is -0.252. The van der Waals surface area contributed by atoms with Crippen LogP contribution in [0.25, 0.3) is 0 Å². The Labute approximate surface area is 141 Å². The van der Waals surface area contributed by atoms with E-state index in [1.807, 2.05) is 0 Å². The van der Waals surface area contributed by atoms with Crippen molar-refractivity contribution >= 4 is 49.3 Å². The van der Waals surface area contributed by atoms with Crippen molar-refractivity contribution in [1.82, 2.24) is 10.4 Å². The third kappa shape index (κ3) is 1.63. The fourth-order valence-electron chi connectivity index (χ4n) is 2.76. The zero-order valence-electron chi connectivity index (χ0n) is 11.0. The SMILES string of the molecule is CON1C(=O)C2NC(=O)C13Oc1cc(O)c(Br)cc1C3SS2. The van der Waals surface area contributed by atoms with Crippen LogP contribution in [0.15, 0.2) is 16.6 Å².